The van der Waals surface area contributed by atoms with Gasteiger partial charge in [-0.25, -0.2) is 0 Å². The largest absolute Gasteiger partial charge is 0.573 e. The fraction of sp³-hybridized carbons (Fsp3) is 0.647. The molecule has 0 radical (unpaired) electrons. The number of nitrogens with zero attached hydrogens (tertiary/aromatic N) is 1. The number of nitrogens with one attached hydrogen (secondary N) is 1. The Kier molecular flexibility index (Phi) is 10.2. The monoisotopic (exact) mass is 494 g/mol. The summed E-state index contributed by atoms with van der Waals surface area (Å²) in [5.74, 6) is 0.141. The minimum Gasteiger partial charge on any atom is -0.405 e. The molecular weight excluding hydrogens is 472 g/mol. The smallest absolute Gasteiger partial charge is 0.405 e. The van der Waals surface area contributed by atoms with Gasteiger partial charge in [0.15, 0.2) is 0 Å². The molecule has 1 atom stereocenters. The van der Waals surface area contributed by atoms with Crippen LogP contribution in [0.3, 0.4) is 0 Å². The molecule has 0 saturated carbocycles. The number of benzene rings is 1. The maximum Gasteiger partial charge on any atom is 0.573 e. The van der Waals surface area contributed by atoms with Crippen molar-refractivity contribution in [3.63, 3.8) is 0 Å². The Hall–Kier alpha value is -0.250. The molecule has 27 heavy (non-hydrogen) atoms. The first kappa shape index (κ1) is 24.8. The predicted octanol–water partition coefficient (Wildman–Crippen LogP) is 4.56. The topological polar surface area (TPSA) is 33.7 Å². The molecule has 0 aromatic heterocycles. The van der Waals surface area contributed by atoms with Crippen LogP contribution >= 0.6 is 40.7 Å². The Morgan fingerprint density at radius 3 is 2.37 bits per heavy atom. The first-order valence-electron chi connectivity index (χ1n) is 8.52. The molecule has 156 valence electrons. The molecule has 2 saturated heterocycles. The Morgan fingerprint density at radius 2 is 1.78 bits per heavy atom. The summed E-state index contributed by atoms with van der Waals surface area (Å²) in [6.45, 7) is 4.58. The van der Waals surface area contributed by atoms with Crippen molar-refractivity contribution in [3.05, 3.63) is 28.2 Å². The first-order chi connectivity index (χ1) is 11.9. The molecule has 1 aromatic rings. The van der Waals surface area contributed by atoms with Crippen molar-refractivity contribution >= 4 is 40.7 Å². The minimum absolute atomic E-state index is 0. The van der Waals surface area contributed by atoms with Crippen molar-refractivity contribution in [2.75, 3.05) is 39.4 Å². The molecule has 4 nitrogen and oxygen atoms in total. The molecular formula is C17H24BrCl2F3N2O2. The number of halogens is 6. The molecule has 2 fully saturated rings. The van der Waals surface area contributed by atoms with E-state index in [1.807, 2.05) is 0 Å². The van der Waals surface area contributed by atoms with Crippen LogP contribution in [-0.2, 0) is 4.74 Å². The molecule has 0 aliphatic carbocycles. The van der Waals surface area contributed by atoms with E-state index in [9.17, 15) is 13.2 Å². The molecule has 2 heterocycles. The second-order valence-electron chi connectivity index (χ2n) is 6.41. The van der Waals surface area contributed by atoms with Crippen LogP contribution < -0.4 is 10.1 Å². The summed E-state index contributed by atoms with van der Waals surface area (Å²) in [7, 11) is 0. The zero-order chi connectivity index (χ0) is 17.9. The van der Waals surface area contributed by atoms with Gasteiger partial charge in [-0.3, -0.25) is 4.90 Å². The van der Waals surface area contributed by atoms with Crippen LogP contribution in [0.2, 0.25) is 0 Å². The summed E-state index contributed by atoms with van der Waals surface area (Å²) in [6.07, 6.45) is -3.02. The number of hydrogen-bond acceptors (Lipinski definition) is 4. The molecule has 0 spiro atoms. The molecule has 3 rings (SSSR count). The average molecular weight is 496 g/mol. The average Bonchev–Trinajstić information content (AvgIpc) is 2.58. The molecule has 1 N–H and O–H groups in total. The van der Waals surface area contributed by atoms with Crippen molar-refractivity contribution in [1.82, 2.24) is 10.2 Å². The van der Waals surface area contributed by atoms with Gasteiger partial charge in [0.2, 0.25) is 0 Å². The SMILES string of the molecule is Cl.Cl.FC(F)(F)Oc1ccc(Br)cc1[C@H](C1CCOCC1)N1CCNCC1. The van der Waals surface area contributed by atoms with E-state index < -0.39 is 6.36 Å². The highest BCUT2D eigenvalue weighted by molar-refractivity contribution is 9.10. The summed E-state index contributed by atoms with van der Waals surface area (Å²) in [5.41, 5.74) is 0.598. The van der Waals surface area contributed by atoms with E-state index in [1.165, 1.54) is 6.07 Å². The van der Waals surface area contributed by atoms with Crippen LogP contribution in [0.25, 0.3) is 0 Å². The zero-order valence-electron chi connectivity index (χ0n) is 14.6. The van der Waals surface area contributed by atoms with Crippen molar-refractivity contribution in [2.24, 2.45) is 5.92 Å². The molecule has 0 bridgehead atoms. The van der Waals surface area contributed by atoms with Crippen LogP contribution in [0.15, 0.2) is 22.7 Å². The van der Waals surface area contributed by atoms with E-state index in [0.717, 1.165) is 43.5 Å². The van der Waals surface area contributed by atoms with Gasteiger partial charge in [0.05, 0.1) is 0 Å². The third-order valence-corrected chi connectivity index (χ3v) is 5.27. The van der Waals surface area contributed by atoms with E-state index >= 15 is 0 Å². The van der Waals surface area contributed by atoms with Gasteiger partial charge in [0, 0.05) is 55.5 Å². The summed E-state index contributed by atoms with van der Waals surface area (Å²) >= 11 is 3.40. The highest BCUT2D eigenvalue weighted by Gasteiger charge is 2.37. The molecule has 2 aliphatic rings. The third-order valence-electron chi connectivity index (χ3n) is 4.77. The number of rotatable bonds is 4. The fourth-order valence-corrected chi connectivity index (χ4v) is 4.09. The summed E-state index contributed by atoms with van der Waals surface area (Å²) in [5, 5.41) is 3.30. The lowest BCUT2D eigenvalue weighted by molar-refractivity contribution is -0.275. The fourth-order valence-electron chi connectivity index (χ4n) is 3.71. The maximum absolute atomic E-state index is 12.9. The molecule has 0 unspecified atom stereocenters. The van der Waals surface area contributed by atoms with E-state index in [-0.39, 0.29) is 42.5 Å². The normalized spacial score (nSPS) is 20.3. The van der Waals surface area contributed by atoms with Crippen LogP contribution in [-0.4, -0.2) is 50.7 Å². The lowest BCUT2D eigenvalue weighted by Gasteiger charge is -2.41. The third kappa shape index (κ3) is 6.94. The number of piperazine rings is 1. The lowest BCUT2D eigenvalue weighted by Crippen LogP contribution is -2.47. The molecule has 10 heteroatoms. The standard InChI is InChI=1S/C17H22BrF3N2O2.2ClH/c18-13-1-2-15(25-17(19,20)21)14(11-13)16(12-3-9-24-10-4-12)23-7-5-22-6-8-23;;/h1-2,11-12,16,22H,3-10H2;2*1H/t16-;;/m0../s1. The van der Waals surface area contributed by atoms with E-state index in [0.29, 0.717) is 18.8 Å². The van der Waals surface area contributed by atoms with Crippen molar-refractivity contribution in [3.8, 4) is 5.75 Å². The Bertz CT molecular complexity index is 566. The van der Waals surface area contributed by atoms with Gasteiger partial charge < -0.3 is 14.8 Å². The quantitative estimate of drug-likeness (QED) is 0.663. The van der Waals surface area contributed by atoms with Gasteiger partial charge in [-0.05, 0) is 37.0 Å². The maximum atomic E-state index is 12.9. The Labute approximate surface area is 178 Å². The van der Waals surface area contributed by atoms with Crippen LogP contribution in [0.5, 0.6) is 5.75 Å². The van der Waals surface area contributed by atoms with Gasteiger partial charge in [0.25, 0.3) is 0 Å². The summed E-state index contributed by atoms with van der Waals surface area (Å²) in [6, 6.07) is 4.65. The van der Waals surface area contributed by atoms with Crippen molar-refractivity contribution < 1.29 is 22.6 Å². The van der Waals surface area contributed by atoms with Crippen molar-refractivity contribution in [2.45, 2.75) is 25.2 Å². The first-order valence-corrected chi connectivity index (χ1v) is 9.31. The van der Waals surface area contributed by atoms with Gasteiger partial charge in [0.1, 0.15) is 5.75 Å². The molecule has 0 amide bonds. The van der Waals surface area contributed by atoms with Crippen LogP contribution in [0, 0.1) is 5.92 Å². The summed E-state index contributed by atoms with van der Waals surface area (Å²) in [4.78, 5) is 2.28. The Balaban J connectivity index is 0.00000182. The van der Waals surface area contributed by atoms with Gasteiger partial charge in [-0.2, -0.15) is 0 Å². The highest BCUT2D eigenvalue weighted by atomic mass is 79.9. The summed E-state index contributed by atoms with van der Waals surface area (Å²) < 4.78 is 49.2. The second-order valence-corrected chi connectivity index (χ2v) is 7.33. The highest BCUT2D eigenvalue weighted by Crippen LogP contribution is 2.42. The zero-order valence-corrected chi connectivity index (χ0v) is 17.9. The van der Waals surface area contributed by atoms with Crippen LogP contribution in [0.1, 0.15) is 24.4 Å². The second kappa shape index (κ2) is 11.1. The number of ether oxygens (including phenoxy) is 2. The lowest BCUT2D eigenvalue weighted by atomic mass is 9.85. The molecule has 1 aromatic carbocycles. The Morgan fingerprint density at radius 1 is 1.15 bits per heavy atom. The van der Waals surface area contributed by atoms with Crippen molar-refractivity contribution in [1.29, 1.82) is 0 Å². The number of hydrogen-bond donors (Lipinski definition) is 1. The van der Waals surface area contributed by atoms with Crippen LogP contribution in [0.4, 0.5) is 13.2 Å². The minimum atomic E-state index is -4.70. The molecule has 2 aliphatic heterocycles. The number of alkyl halides is 3. The predicted molar refractivity (Wildman–Crippen MR) is 106 cm³/mol. The van der Waals surface area contributed by atoms with Gasteiger partial charge >= 0.3 is 6.36 Å². The van der Waals surface area contributed by atoms with E-state index in [2.05, 4.69) is 30.9 Å². The van der Waals surface area contributed by atoms with E-state index in [1.54, 1.807) is 12.1 Å². The van der Waals surface area contributed by atoms with E-state index in [4.69, 9.17) is 4.74 Å². The van der Waals surface area contributed by atoms with Gasteiger partial charge in [-0.1, -0.05) is 15.9 Å². The van der Waals surface area contributed by atoms with Gasteiger partial charge in [-0.15, -0.1) is 38.0 Å².